The highest BCUT2D eigenvalue weighted by Gasteiger charge is 2.43. The molecule has 18 heavy (non-hydrogen) atoms. The highest BCUT2D eigenvalue weighted by Crippen LogP contribution is 2.33. The fraction of sp³-hybridized carbons (Fsp3) is 0.917. The largest absolute Gasteiger partial charge is 0.355 e. The van der Waals surface area contributed by atoms with Gasteiger partial charge < -0.3 is 10.6 Å². The predicted molar refractivity (Wildman–Crippen MR) is 67.9 cm³/mol. The van der Waals surface area contributed by atoms with Gasteiger partial charge in [-0.3, -0.25) is 4.79 Å². The summed E-state index contributed by atoms with van der Waals surface area (Å²) >= 11 is 0. The molecular weight excluding hydrogens is 252 g/mol. The molecule has 0 aliphatic carbocycles. The summed E-state index contributed by atoms with van der Waals surface area (Å²) in [6.45, 7) is 0.301. The molecule has 0 radical (unpaired) electrons. The van der Waals surface area contributed by atoms with Crippen LogP contribution in [-0.4, -0.2) is 44.0 Å². The zero-order valence-corrected chi connectivity index (χ0v) is 11.2. The highest BCUT2D eigenvalue weighted by atomic mass is 32.2. The van der Waals surface area contributed by atoms with E-state index in [1.807, 2.05) is 0 Å². The number of fused-ring (bicyclic) bond motifs is 2. The quantitative estimate of drug-likeness (QED) is 0.747. The molecule has 102 valence electrons. The van der Waals surface area contributed by atoms with Crippen molar-refractivity contribution >= 4 is 15.7 Å². The molecule has 4 unspecified atom stereocenters. The molecule has 2 N–H and O–H groups in total. The van der Waals surface area contributed by atoms with Crippen molar-refractivity contribution in [3.63, 3.8) is 0 Å². The van der Waals surface area contributed by atoms with Gasteiger partial charge in [0.1, 0.15) is 0 Å². The van der Waals surface area contributed by atoms with E-state index in [-0.39, 0.29) is 22.8 Å². The Morgan fingerprint density at radius 2 is 2.11 bits per heavy atom. The maximum atomic E-state index is 12.1. The van der Waals surface area contributed by atoms with Gasteiger partial charge in [0.15, 0.2) is 9.84 Å². The van der Waals surface area contributed by atoms with Gasteiger partial charge >= 0.3 is 0 Å². The third kappa shape index (κ3) is 2.16. The van der Waals surface area contributed by atoms with Crippen LogP contribution in [0.25, 0.3) is 0 Å². The lowest BCUT2D eigenvalue weighted by atomic mass is 9.88. The molecule has 5 nitrogen and oxygen atoms in total. The second kappa shape index (κ2) is 4.49. The van der Waals surface area contributed by atoms with Crippen molar-refractivity contribution in [2.24, 2.45) is 5.92 Å². The molecule has 1 amide bonds. The zero-order valence-electron chi connectivity index (χ0n) is 10.4. The SMILES string of the molecule is O=C(NCC1CCCS1(=O)=O)C1CC2CCC1N2. The topological polar surface area (TPSA) is 75.3 Å². The van der Waals surface area contributed by atoms with E-state index in [1.54, 1.807) is 0 Å². The van der Waals surface area contributed by atoms with Crippen LogP contribution in [0.4, 0.5) is 0 Å². The molecular formula is C12H20N2O3S. The molecule has 0 aromatic carbocycles. The number of carbonyl (C=O) groups is 1. The van der Waals surface area contributed by atoms with E-state index >= 15 is 0 Å². The minimum atomic E-state index is -2.95. The number of carbonyl (C=O) groups excluding carboxylic acids is 1. The van der Waals surface area contributed by atoms with E-state index in [1.165, 1.54) is 6.42 Å². The van der Waals surface area contributed by atoms with Crippen molar-refractivity contribution in [3.05, 3.63) is 0 Å². The van der Waals surface area contributed by atoms with Gasteiger partial charge in [-0.1, -0.05) is 0 Å². The molecule has 3 fully saturated rings. The Hall–Kier alpha value is -0.620. The van der Waals surface area contributed by atoms with Gasteiger partial charge in [0.05, 0.1) is 16.9 Å². The van der Waals surface area contributed by atoms with Crippen LogP contribution in [0.5, 0.6) is 0 Å². The fourth-order valence-electron chi connectivity index (χ4n) is 3.55. The summed E-state index contributed by atoms with van der Waals surface area (Å²) in [5.74, 6) is 0.369. The van der Waals surface area contributed by atoms with E-state index in [0.29, 0.717) is 25.0 Å². The molecule has 4 atom stereocenters. The summed E-state index contributed by atoms with van der Waals surface area (Å²) in [6, 6.07) is 0.816. The van der Waals surface area contributed by atoms with Crippen molar-refractivity contribution in [3.8, 4) is 0 Å². The summed E-state index contributed by atoms with van der Waals surface area (Å²) < 4.78 is 23.3. The van der Waals surface area contributed by atoms with Gasteiger partial charge in [0.25, 0.3) is 0 Å². The molecule has 0 aromatic heterocycles. The first-order valence-corrected chi connectivity index (χ1v) is 8.53. The van der Waals surface area contributed by atoms with Crippen LogP contribution < -0.4 is 10.6 Å². The van der Waals surface area contributed by atoms with Crippen LogP contribution in [-0.2, 0) is 14.6 Å². The molecule has 3 rings (SSSR count). The molecule has 3 aliphatic rings. The molecule has 3 saturated heterocycles. The minimum Gasteiger partial charge on any atom is -0.355 e. The van der Waals surface area contributed by atoms with Crippen LogP contribution in [0.3, 0.4) is 0 Å². The second-order valence-electron chi connectivity index (χ2n) is 5.77. The molecule has 2 bridgehead atoms. The summed E-state index contributed by atoms with van der Waals surface area (Å²) in [6.07, 6.45) is 4.58. The fourth-order valence-corrected chi connectivity index (χ4v) is 5.31. The van der Waals surface area contributed by atoms with Gasteiger partial charge in [0.2, 0.25) is 5.91 Å². The standard InChI is InChI=1S/C12H20N2O3S/c15-12(10-6-8-3-4-11(10)14-8)13-7-9-2-1-5-18(9,16)17/h8-11,14H,1-7H2,(H,13,15). The average molecular weight is 272 g/mol. The third-order valence-electron chi connectivity index (χ3n) is 4.60. The monoisotopic (exact) mass is 272 g/mol. The lowest BCUT2D eigenvalue weighted by Gasteiger charge is -2.20. The summed E-state index contributed by atoms with van der Waals surface area (Å²) in [4.78, 5) is 12.1. The number of nitrogens with one attached hydrogen (secondary N) is 2. The van der Waals surface area contributed by atoms with Crippen molar-refractivity contribution in [2.75, 3.05) is 12.3 Å². The lowest BCUT2D eigenvalue weighted by Crippen LogP contribution is -2.41. The van der Waals surface area contributed by atoms with Gasteiger partial charge in [0, 0.05) is 18.6 Å². The maximum absolute atomic E-state index is 12.1. The minimum absolute atomic E-state index is 0.0387. The van der Waals surface area contributed by atoms with E-state index in [4.69, 9.17) is 0 Å². The normalized spacial score (nSPS) is 41.1. The Kier molecular flexibility index (Phi) is 3.10. The first kappa shape index (κ1) is 12.4. The Morgan fingerprint density at radius 3 is 2.67 bits per heavy atom. The van der Waals surface area contributed by atoms with Crippen LogP contribution in [0.15, 0.2) is 0 Å². The summed E-state index contributed by atoms with van der Waals surface area (Å²) in [5, 5.41) is 5.92. The van der Waals surface area contributed by atoms with Crippen LogP contribution in [0.2, 0.25) is 0 Å². The van der Waals surface area contributed by atoms with E-state index < -0.39 is 9.84 Å². The summed E-state index contributed by atoms with van der Waals surface area (Å²) in [7, 11) is -2.95. The Bertz CT molecular complexity index is 448. The van der Waals surface area contributed by atoms with Crippen molar-refractivity contribution in [1.29, 1.82) is 0 Å². The zero-order chi connectivity index (χ0) is 12.8. The Labute approximate surface area is 108 Å². The van der Waals surface area contributed by atoms with Crippen molar-refractivity contribution < 1.29 is 13.2 Å². The first-order valence-electron chi connectivity index (χ1n) is 6.81. The maximum Gasteiger partial charge on any atom is 0.224 e. The van der Waals surface area contributed by atoms with Crippen LogP contribution in [0, 0.1) is 5.92 Å². The number of amides is 1. The number of hydrogen-bond donors (Lipinski definition) is 2. The first-order chi connectivity index (χ1) is 8.56. The van der Waals surface area contributed by atoms with Gasteiger partial charge in [-0.05, 0) is 32.1 Å². The average Bonchev–Trinajstić information content (AvgIpc) is 3.00. The number of sulfone groups is 1. The Balaban J connectivity index is 1.53. The number of hydrogen-bond acceptors (Lipinski definition) is 4. The molecule has 6 heteroatoms. The van der Waals surface area contributed by atoms with Gasteiger partial charge in [-0.15, -0.1) is 0 Å². The van der Waals surface area contributed by atoms with Crippen LogP contribution in [0.1, 0.15) is 32.1 Å². The second-order valence-corrected chi connectivity index (χ2v) is 8.17. The molecule has 0 aromatic rings. The molecule has 0 saturated carbocycles. The van der Waals surface area contributed by atoms with Gasteiger partial charge in [-0.25, -0.2) is 8.42 Å². The smallest absolute Gasteiger partial charge is 0.224 e. The van der Waals surface area contributed by atoms with E-state index in [0.717, 1.165) is 19.3 Å². The van der Waals surface area contributed by atoms with E-state index in [9.17, 15) is 13.2 Å². The van der Waals surface area contributed by atoms with Crippen molar-refractivity contribution in [2.45, 2.75) is 49.4 Å². The van der Waals surface area contributed by atoms with Gasteiger partial charge in [-0.2, -0.15) is 0 Å². The van der Waals surface area contributed by atoms with Crippen LogP contribution >= 0.6 is 0 Å². The third-order valence-corrected chi connectivity index (χ3v) is 6.88. The van der Waals surface area contributed by atoms with Crippen molar-refractivity contribution in [1.82, 2.24) is 10.6 Å². The lowest BCUT2D eigenvalue weighted by molar-refractivity contribution is -0.125. The number of rotatable bonds is 3. The molecule has 0 spiro atoms. The predicted octanol–water partition coefficient (Wildman–Crippen LogP) is -0.180. The molecule has 3 heterocycles. The molecule has 3 aliphatic heterocycles. The summed E-state index contributed by atoms with van der Waals surface area (Å²) in [5.41, 5.74) is 0. The van der Waals surface area contributed by atoms with E-state index in [2.05, 4.69) is 10.6 Å². The highest BCUT2D eigenvalue weighted by molar-refractivity contribution is 7.92. The Morgan fingerprint density at radius 1 is 1.28 bits per heavy atom.